The summed E-state index contributed by atoms with van der Waals surface area (Å²) in [6.07, 6.45) is 3.52. The van der Waals surface area contributed by atoms with E-state index in [9.17, 15) is 8.42 Å². The van der Waals surface area contributed by atoms with Crippen LogP contribution in [0, 0.1) is 19.8 Å². The first-order valence-corrected chi connectivity index (χ1v) is 11.7. The first-order chi connectivity index (χ1) is 14.1. The molecule has 0 aliphatic rings. The molecule has 160 valence electrons. The zero-order valence-corrected chi connectivity index (χ0v) is 19.2. The van der Waals surface area contributed by atoms with E-state index in [0.29, 0.717) is 10.8 Å². The van der Waals surface area contributed by atoms with E-state index >= 15 is 0 Å². The van der Waals surface area contributed by atoms with Crippen LogP contribution >= 0.6 is 0 Å². The molecule has 0 fully saturated rings. The summed E-state index contributed by atoms with van der Waals surface area (Å²) in [6.45, 7) is 11.9. The summed E-state index contributed by atoms with van der Waals surface area (Å²) in [4.78, 5) is 13.7. The van der Waals surface area contributed by atoms with Crippen molar-refractivity contribution in [1.29, 1.82) is 0 Å². The van der Waals surface area contributed by atoms with E-state index < -0.39 is 9.84 Å². The third-order valence-corrected chi connectivity index (χ3v) is 6.85. The van der Waals surface area contributed by atoms with Crippen molar-refractivity contribution in [3.8, 4) is 11.4 Å². The molecule has 1 aromatic carbocycles. The Balaban J connectivity index is 1.89. The summed E-state index contributed by atoms with van der Waals surface area (Å²) in [5.41, 5.74) is 3.29. The summed E-state index contributed by atoms with van der Waals surface area (Å²) >= 11 is 0. The lowest BCUT2D eigenvalue weighted by Gasteiger charge is -2.15. The maximum absolute atomic E-state index is 12.5. The average Bonchev–Trinajstić information content (AvgIpc) is 3.04. The second kappa shape index (κ2) is 8.55. The van der Waals surface area contributed by atoms with E-state index in [-0.39, 0.29) is 17.7 Å². The van der Waals surface area contributed by atoms with E-state index in [1.54, 1.807) is 24.4 Å². The van der Waals surface area contributed by atoms with Crippen LogP contribution in [0.4, 0.5) is 11.6 Å². The molecule has 0 aliphatic carbocycles. The minimum absolute atomic E-state index is 0.0761. The molecule has 2 aromatic heterocycles. The Labute approximate surface area is 178 Å². The van der Waals surface area contributed by atoms with Gasteiger partial charge in [0.15, 0.2) is 9.84 Å². The zero-order chi connectivity index (χ0) is 22.1. The molecule has 0 atom stereocenters. The van der Waals surface area contributed by atoms with E-state index in [4.69, 9.17) is 0 Å². The highest BCUT2D eigenvalue weighted by atomic mass is 32.2. The summed E-state index contributed by atoms with van der Waals surface area (Å²) in [7, 11) is -3.29. The van der Waals surface area contributed by atoms with Gasteiger partial charge >= 0.3 is 0 Å². The molecule has 0 saturated carbocycles. The standard InChI is InChI=1S/C22H29N5O2S/c1-14(2)13-30(28,29)18-7-8-19(16(5)11-18)25-22-23-10-9-20(26-22)21-12-24-17(6)27(21)15(3)4/h7-12,14-15H,13H2,1-6H3,(H,23,25,26). The number of hydrogen-bond donors (Lipinski definition) is 1. The van der Waals surface area contributed by atoms with Crippen molar-refractivity contribution in [2.45, 2.75) is 52.5 Å². The zero-order valence-electron chi connectivity index (χ0n) is 18.3. The summed E-state index contributed by atoms with van der Waals surface area (Å²) < 4.78 is 27.1. The fraction of sp³-hybridized carbons (Fsp3) is 0.409. The number of nitrogens with zero attached hydrogens (tertiary/aromatic N) is 4. The highest BCUT2D eigenvalue weighted by molar-refractivity contribution is 7.91. The SMILES string of the molecule is Cc1cc(S(=O)(=O)CC(C)C)ccc1Nc1nccc(-c2cnc(C)n2C(C)C)n1. The van der Waals surface area contributed by atoms with Crippen LogP contribution in [-0.2, 0) is 9.84 Å². The lowest BCUT2D eigenvalue weighted by molar-refractivity contribution is 0.582. The minimum Gasteiger partial charge on any atom is -0.324 e. The van der Waals surface area contributed by atoms with Crippen LogP contribution in [0.15, 0.2) is 41.6 Å². The summed E-state index contributed by atoms with van der Waals surface area (Å²) in [5, 5.41) is 3.21. The number of anilines is 2. The van der Waals surface area contributed by atoms with Gasteiger partial charge in [0.2, 0.25) is 5.95 Å². The van der Waals surface area contributed by atoms with Gasteiger partial charge in [-0.15, -0.1) is 0 Å². The molecule has 0 spiro atoms. The lowest BCUT2D eigenvalue weighted by Crippen LogP contribution is -2.12. The van der Waals surface area contributed by atoms with Gasteiger partial charge in [0, 0.05) is 17.9 Å². The Hall–Kier alpha value is -2.74. The second-order valence-electron chi connectivity index (χ2n) is 8.20. The van der Waals surface area contributed by atoms with Crippen LogP contribution in [-0.4, -0.2) is 33.7 Å². The van der Waals surface area contributed by atoms with Crippen LogP contribution in [0.25, 0.3) is 11.4 Å². The Morgan fingerprint density at radius 3 is 2.43 bits per heavy atom. The summed E-state index contributed by atoms with van der Waals surface area (Å²) in [6, 6.07) is 7.21. The monoisotopic (exact) mass is 427 g/mol. The Morgan fingerprint density at radius 2 is 1.80 bits per heavy atom. The van der Waals surface area contributed by atoms with Gasteiger partial charge in [0.05, 0.1) is 28.2 Å². The normalized spacial score (nSPS) is 12.0. The Kier molecular flexibility index (Phi) is 6.26. The molecule has 30 heavy (non-hydrogen) atoms. The number of hydrogen-bond acceptors (Lipinski definition) is 6. The fourth-order valence-corrected chi connectivity index (χ4v) is 5.18. The average molecular weight is 428 g/mol. The van der Waals surface area contributed by atoms with Crippen LogP contribution in [0.2, 0.25) is 0 Å². The molecule has 7 nitrogen and oxygen atoms in total. The summed E-state index contributed by atoms with van der Waals surface area (Å²) in [5.74, 6) is 1.59. The molecule has 2 heterocycles. The number of aromatic nitrogens is 4. The van der Waals surface area contributed by atoms with Crippen molar-refractivity contribution in [3.63, 3.8) is 0 Å². The van der Waals surface area contributed by atoms with Crippen molar-refractivity contribution >= 4 is 21.5 Å². The van der Waals surface area contributed by atoms with Gasteiger partial charge in [-0.3, -0.25) is 0 Å². The number of rotatable bonds is 7. The van der Waals surface area contributed by atoms with Gasteiger partial charge in [-0.25, -0.2) is 23.4 Å². The van der Waals surface area contributed by atoms with Crippen LogP contribution in [0.3, 0.4) is 0 Å². The van der Waals surface area contributed by atoms with E-state index in [1.807, 2.05) is 40.0 Å². The smallest absolute Gasteiger partial charge is 0.227 e. The molecule has 0 amide bonds. The molecule has 1 N–H and O–H groups in total. The molecule has 0 aliphatic heterocycles. The third kappa shape index (κ3) is 4.70. The van der Waals surface area contributed by atoms with E-state index in [1.165, 1.54) is 0 Å². The number of benzene rings is 1. The highest BCUT2D eigenvalue weighted by Crippen LogP contribution is 2.26. The van der Waals surface area contributed by atoms with Gasteiger partial charge in [0.25, 0.3) is 0 Å². The molecular formula is C22H29N5O2S. The van der Waals surface area contributed by atoms with Crippen LogP contribution < -0.4 is 5.32 Å². The maximum atomic E-state index is 12.5. The quantitative estimate of drug-likeness (QED) is 0.587. The number of imidazole rings is 1. The predicted octanol–water partition coefficient (Wildman–Crippen LogP) is 4.71. The molecule has 3 rings (SSSR count). The van der Waals surface area contributed by atoms with Gasteiger partial charge in [-0.05, 0) is 63.4 Å². The van der Waals surface area contributed by atoms with E-state index in [2.05, 4.69) is 38.7 Å². The van der Waals surface area contributed by atoms with Crippen molar-refractivity contribution in [1.82, 2.24) is 19.5 Å². The fourth-order valence-electron chi connectivity index (χ4n) is 3.48. The minimum atomic E-state index is -3.29. The van der Waals surface area contributed by atoms with E-state index in [0.717, 1.165) is 28.5 Å². The Morgan fingerprint density at radius 1 is 1.07 bits per heavy atom. The maximum Gasteiger partial charge on any atom is 0.227 e. The first-order valence-electron chi connectivity index (χ1n) is 10.1. The molecule has 3 aromatic rings. The van der Waals surface area contributed by atoms with Gasteiger partial charge in [-0.2, -0.15) is 0 Å². The number of aryl methyl sites for hydroxylation is 2. The highest BCUT2D eigenvalue weighted by Gasteiger charge is 2.18. The molecule has 0 unspecified atom stereocenters. The molecule has 0 saturated heterocycles. The van der Waals surface area contributed by atoms with Gasteiger partial charge in [0.1, 0.15) is 5.82 Å². The van der Waals surface area contributed by atoms with Crippen molar-refractivity contribution < 1.29 is 8.42 Å². The van der Waals surface area contributed by atoms with Crippen LogP contribution in [0.5, 0.6) is 0 Å². The molecule has 0 radical (unpaired) electrons. The molecular weight excluding hydrogens is 398 g/mol. The van der Waals surface area contributed by atoms with Gasteiger partial charge in [-0.1, -0.05) is 13.8 Å². The lowest BCUT2D eigenvalue weighted by atomic mass is 10.2. The van der Waals surface area contributed by atoms with Crippen molar-refractivity contribution in [2.75, 3.05) is 11.1 Å². The van der Waals surface area contributed by atoms with Gasteiger partial charge < -0.3 is 9.88 Å². The first kappa shape index (κ1) is 22.0. The third-order valence-electron chi connectivity index (χ3n) is 4.77. The van der Waals surface area contributed by atoms with Crippen LogP contribution in [0.1, 0.15) is 45.1 Å². The second-order valence-corrected chi connectivity index (χ2v) is 10.2. The largest absolute Gasteiger partial charge is 0.324 e. The molecule has 0 bridgehead atoms. The van der Waals surface area contributed by atoms with Crippen molar-refractivity contribution in [2.24, 2.45) is 5.92 Å². The molecule has 8 heteroatoms. The van der Waals surface area contributed by atoms with Crippen molar-refractivity contribution in [3.05, 3.63) is 48.0 Å². The number of sulfone groups is 1. The number of nitrogens with one attached hydrogen (secondary N) is 1. The predicted molar refractivity (Wildman–Crippen MR) is 120 cm³/mol. The Bertz CT molecular complexity index is 1150. The topological polar surface area (TPSA) is 89.8 Å².